The van der Waals surface area contributed by atoms with E-state index in [1.54, 1.807) is 0 Å². The van der Waals surface area contributed by atoms with Gasteiger partial charge in [0.1, 0.15) is 0 Å². The van der Waals surface area contributed by atoms with E-state index < -0.39 is 5.97 Å². The highest BCUT2D eigenvalue weighted by atomic mass is 16.4. The van der Waals surface area contributed by atoms with Crippen LogP contribution >= 0.6 is 0 Å². The summed E-state index contributed by atoms with van der Waals surface area (Å²) in [6.45, 7) is 0. The second-order valence-corrected chi connectivity index (χ2v) is 4.51. The number of carbonyl (C=O) groups excluding carboxylic acids is 1. The zero-order chi connectivity index (χ0) is 12.4. The number of aliphatic carboxylic acids is 1. The van der Waals surface area contributed by atoms with Crippen LogP contribution in [0.1, 0.15) is 35.4 Å². The van der Waals surface area contributed by atoms with Crippen molar-refractivity contribution < 1.29 is 14.7 Å². The van der Waals surface area contributed by atoms with Crippen LogP contribution in [0.4, 0.5) is 0 Å². The largest absolute Gasteiger partial charge is 0.481 e. The van der Waals surface area contributed by atoms with Gasteiger partial charge in [-0.2, -0.15) is 0 Å². The van der Waals surface area contributed by atoms with Gasteiger partial charge in [-0.15, -0.1) is 0 Å². The molecule has 0 aliphatic heterocycles. The molecule has 0 heterocycles. The van der Waals surface area contributed by atoms with Crippen molar-refractivity contribution in [2.24, 2.45) is 5.73 Å². The maximum atomic E-state index is 10.8. The van der Waals surface area contributed by atoms with Crippen LogP contribution in [0.15, 0.2) is 18.2 Å². The third kappa shape index (κ3) is 2.64. The maximum Gasteiger partial charge on any atom is 0.303 e. The fraction of sp³-hybridized carbons (Fsp3) is 0.385. The Morgan fingerprint density at radius 2 is 2.18 bits per heavy atom. The summed E-state index contributed by atoms with van der Waals surface area (Å²) in [5.74, 6) is -0.987. The summed E-state index contributed by atoms with van der Waals surface area (Å²) in [6.07, 6.45) is 2.20. The Hall–Kier alpha value is -1.84. The van der Waals surface area contributed by atoms with Crippen molar-refractivity contribution in [1.82, 2.24) is 0 Å². The standard InChI is InChI=1S/C13H15NO3/c14-12(15)6-8-1-4-11-9(5-8)2-3-10(11)7-13(16)17/h1,4-5,10H,2-3,6-7H2,(H2,14,15)(H,16,17). The van der Waals surface area contributed by atoms with E-state index >= 15 is 0 Å². The van der Waals surface area contributed by atoms with E-state index in [0.717, 1.165) is 29.5 Å². The van der Waals surface area contributed by atoms with Gasteiger partial charge in [0.2, 0.25) is 5.91 Å². The van der Waals surface area contributed by atoms with Gasteiger partial charge in [0.15, 0.2) is 0 Å². The topological polar surface area (TPSA) is 80.4 Å². The Balaban J connectivity index is 2.19. The summed E-state index contributed by atoms with van der Waals surface area (Å²) in [4.78, 5) is 21.5. The number of primary amides is 1. The van der Waals surface area contributed by atoms with E-state index in [4.69, 9.17) is 10.8 Å². The molecule has 0 saturated heterocycles. The molecule has 3 N–H and O–H groups in total. The van der Waals surface area contributed by atoms with E-state index in [0.29, 0.717) is 0 Å². The van der Waals surface area contributed by atoms with E-state index in [1.807, 2.05) is 18.2 Å². The number of nitrogens with two attached hydrogens (primary N) is 1. The molecule has 1 aliphatic rings. The van der Waals surface area contributed by atoms with Crippen molar-refractivity contribution in [2.45, 2.75) is 31.6 Å². The normalized spacial score (nSPS) is 17.8. The lowest BCUT2D eigenvalue weighted by Gasteiger charge is -2.09. The minimum absolute atomic E-state index is 0.116. The third-order valence-corrected chi connectivity index (χ3v) is 3.21. The van der Waals surface area contributed by atoms with Crippen molar-refractivity contribution in [3.05, 3.63) is 34.9 Å². The summed E-state index contributed by atoms with van der Waals surface area (Å²) in [6, 6.07) is 5.78. The SMILES string of the molecule is NC(=O)Cc1ccc2c(c1)CCC2CC(=O)O. The summed E-state index contributed by atoms with van der Waals surface area (Å²) in [5.41, 5.74) is 8.33. The lowest BCUT2D eigenvalue weighted by molar-refractivity contribution is -0.137. The van der Waals surface area contributed by atoms with Gasteiger partial charge in [0, 0.05) is 0 Å². The Bertz CT molecular complexity index is 468. The van der Waals surface area contributed by atoms with Gasteiger partial charge >= 0.3 is 5.97 Å². The molecule has 0 spiro atoms. The van der Waals surface area contributed by atoms with Gasteiger partial charge < -0.3 is 10.8 Å². The molecule has 0 bridgehead atoms. The molecule has 90 valence electrons. The lowest BCUT2D eigenvalue weighted by atomic mass is 9.96. The molecule has 1 amide bonds. The van der Waals surface area contributed by atoms with Crippen LogP contribution in [0, 0.1) is 0 Å². The monoisotopic (exact) mass is 233 g/mol. The molecule has 1 atom stereocenters. The van der Waals surface area contributed by atoms with E-state index in [2.05, 4.69) is 0 Å². The van der Waals surface area contributed by atoms with Crippen molar-refractivity contribution in [3.8, 4) is 0 Å². The molecular formula is C13H15NO3. The number of hydrogen-bond acceptors (Lipinski definition) is 2. The fourth-order valence-corrected chi connectivity index (χ4v) is 2.49. The first-order valence-corrected chi connectivity index (χ1v) is 5.68. The quantitative estimate of drug-likeness (QED) is 0.820. The zero-order valence-corrected chi connectivity index (χ0v) is 9.48. The lowest BCUT2D eigenvalue weighted by Crippen LogP contribution is -2.13. The first-order valence-electron chi connectivity index (χ1n) is 5.68. The highest BCUT2D eigenvalue weighted by Crippen LogP contribution is 2.35. The third-order valence-electron chi connectivity index (χ3n) is 3.21. The smallest absolute Gasteiger partial charge is 0.303 e. The summed E-state index contributed by atoms with van der Waals surface area (Å²) >= 11 is 0. The molecular weight excluding hydrogens is 218 g/mol. The fourth-order valence-electron chi connectivity index (χ4n) is 2.49. The number of benzene rings is 1. The molecule has 1 aliphatic carbocycles. The Kier molecular flexibility index (Phi) is 3.13. The average Bonchev–Trinajstić information content (AvgIpc) is 2.59. The van der Waals surface area contributed by atoms with Gasteiger partial charge in [0.05, 0.1) is 12.8 Å². The number of fused-ring (bicyclic) bond motifs is 1. The van der Waals surface area contributed by atoms with Gasteiger partial charge in [0.25, 0.3) is 0 Å². The Labute approximate surface area is 99.4 Å². The second kappa shape index (κ2) is 4.57. The number of amides is 1. The predicted molar refractivity (Wildman–Crippen MR) is 62.7 cm³/mol. The molecule has 4 heteroatoms. The number of carboxylic acids is 1. The van der Waals surface area contributed by atoms with Crippen LogP contribution in [0.25, 0.3) is 0 Å². The molecule has 0 fully saturated rings. The summed E-state index contributed by atoms with van der Waals surface area (Å²) < 4.78 is 0. The molecule has 0 radical (unpaired) electrons. The van der Waals surface area contributed by atoms with Gasteiger partial charge in [-0.3, -0.25) is 9.59 Å². The van der Waals surface area contributed by atoms with Gasteiger partial charge in [-0.05, 0) is 35.4 Å². The van der Waals surface area contributed by atoms with E-state index in [1.165, 1.54) is 0 Å². The Morgan fingerprint density at radius 3 is 2.82 bits per heavy atom. The van der Waals surface area contributed by atoms with Gasteiger partial charge in [-0.1, -0.05) is 18.2 Å². The minimum Gasteiger partial charge on any atom is -0.481 e. The number of carbonyl (C=O) groups is 2. The van der Waals surface area contributed by atoms with E-state index in [9.17, 15) is 9.59 Å². The molecule has 4 nitrogen and oxygen atoms in total. The van der Waals surface area contributed by atoms with Crippen LogP contribution < -0.4 is 5.73 Å². The average molecular weight is 233 g/mol. The van der Waals surface area contributed by atoms with Crippen LogP contribution in [-0.2, 0) is 22.4 Å². The summed E-state index contributed by atoms with van der Waals surface area (Å²) in [5, 5.41) is 8.81. The van der Waals surface area contributed by atoms with Crippen molar-refractivity contribution in [2.75, 3.05) is 0 Å². The van der Waals surface area contributed by atoms with Crippen LogP contribution in [-0.4, -0.2) is 17.0 Å². The molecule has 1 aromatic carbocycles. The highest BCUT2D eigenvalue weighted by molar-refractivity contribution is 5.76. The maximum absolute atomic E-state index is 10.8. The van der Waals surface area contributed by atoms with Crippen molar-refractivity contribution >= 4 is 11.9 Å². The molecule has 1 aromatic rings. The second-order valence-electron chi connectivity index (χ2n) is 4.51. The minimum atomic E-state index is -0.760. The highest BCUT2D eigenvalue weighted by Gasteiger charge is 2.24. The van der Waals surface area contributed by atoms with Crippen LogP contribution in [0.5, 0.6) is 0 Å². The molecule has 1 unspecified atom stereocenters. The van der Waals surface area contributed by atoms with Crippen LogP contribution in [0.2, 0.25) is 0 Å². The summed E-state index contributed by atoms with van der Waals surface area (Å²) in [7, 11) is 0. The molecule has 2 rings (SSSR count). The van der Waals surface area contributed by atoms with Crippen molar-refractivity contribution in [1.29, 1.82) is 0 Å². The number of aryl methyl sites for hydroxylation is 1. The zero-order valence-electron chi connectivity index (χ0n) is 9.48. The predicted octanol–water partition coefficient (Wildman–Crippen LogP) is 1.22. The van der Waals surface area contributed by atoms with E-state index in [-0.39, 0.29) is 24.7 Å². The number of carboxylic acid groups (broad SMARTS) is 1. The first kappa shape index (κ1) is 11.6. The van der Waals surface area contributed by atoms with Gasteiger partial charge in [-0.25, -0.2) is 0 Å². The number of hydrogen-bond donors (Lipinski definition) is 2. The number of rotatable bonds is 4. The first-order chi connectivity index (χ1) is 8.06. The van der Waals surface area contributed by atoms with Crippen LogP contribution in [0.3, 0.4) is 0 Å². The Morgan fingerprint density at radius 1 is 1.41 bits per heavy atom. The molecule has 17 heavy (non-hydrogen) atoms. The molecule has 0 saturated carbocycles. The molecule has 0 aromatic heterocycles. The van der Waals surface area contributed by atoms with Crippen molar-refractivity contribution in [3.63, 3.8) is 0 Å².